The van der Waals surface area contributed by atoms with Crippen molar-refractivity contribution in [3.63, 3.8) is 0 Å². The molecule has 0 atom stereocenters. The van der Waals surface area contributed by atoms with Gasteiger partial charge in [-0.15, -0.1) is 0 Å². The summed E-state index contributed by atoms with van der Waals surface area (Å²) >= 11 is 0. The fraction of sp³-hybridized carbons (Fsp3) is 0.875. The van der Waals surface area contributed by atoms with Gasteiger partial charge in [0.2, 0.25) is 0 Å². The molecule has 3 heteroatoms. The summed E-state index contributed by atoms with van der Waals surface area (Å²) in [4.78, 5) is 0. The van der Waals surface area contributed by atoms with Gasteiger partial charge in [-0.2, -0.15) is 13.2 Å². The standard InChI is InChI=1S/C16H29F3/c1-2-3-4-5-6-7-8-9-10-11-12-13-14-15-16(17,18)19/h12-13H,2-11,14-15H2,1H3/b13-12+. The van der Waals surface area contributed by atoms with Crippen LogP contribution in [-0.2, 0) is 0 Å². The van der Waals surface area contributed by atoms with Crippen molar-refractivity contribution < 1.29 is 13.2 Å². The molecule has 0 radical (unpaired) electrons. The Bertz CT molecular complexity index is 207. The molecule has 0 aliphatic rings. The van der Waals surface area contributed by atoms with Gasteiger partial charge >= 0.3 is 6.18 Å². The van der Waals surface area contributed by atoms with E-state index in [0.717, 1.165) is 12.8 Å². The third-order valence-corrected chi connectivity index (χ3v) is 3.24. The molecule has 0 saturated carbocycles. The molecule has 0 N–H and O–H groups in total. The van der Waals surface area contributed by atoms with Crippen molar-refractivity contribution in [1.82, 2.24) is 0 Å². The lowest BCUT2D eigenvalue weighted by molar-refractivity contribution is -0.133. The molecule has 0 unspecified atom stereocenters. The van der Waals surface area contributed by atoms with E-state index in [-0.39, 0.29) is 6.42 Å². The fourth-order valence-corrected chi connectivity index (χ4v) is 2.06. The molecular formula is C16H29F3. The highest BCUT2D eigenvalue weighted by Gasteiger charge is 2.25. The van der Waals surface area contributed by atoms with Gasteiger partial charge in [-0.25, -0.2) is 0 Å². The van der Waals surface area contributed by atoms with Crippen LogP contribution < -0.4 is 0 Å². The van der Waals surface area contributed by atoms with Crippen LogP contribution in [0, 0.1) is 0 Å². The number of halogens is 3. The van der Waals surface area contributed by atoms with Crippen LogP contribution in [0.5, 0.6) is 0 Å². The summed E-state index contributed by atoms with van der Waals surface area (Å²) in [5.74, 6) is 0. The minimum absolute atomic E-state index is 0.126. The van der Waals surface area contributed by atoms with Crippen LogP contribution in [0.1, 0.15) is 84.0 Å². The van der Waals surface area contributed by atoms with Gasteiger partial charge < -0.3 is 0 Å². The van der Waals surface area contributed by atoms with Crippen LogP contribution in [-0.4, -0.2) is 6.18 Å². The van der Waals surface area contributed by atoms with Gasteiger partial charge in [0.1, 0.15) is 0 Å². The lowest BCUT2D eigenvalue weighted by Gasteiger charge is -2.02. The average molecular weight is 278 g/mol. The Kier molecular flexibility index (Phi) is 12.2. The molecule has 0 heterocycles. The Morgan fingerprint density at radius 3 is 1.68 bits per heavy atom. The molecule has 0 aliphatic carbocycles. The Morgan fingerprint density at radius 1 is 0.684 bits per heavy atom. The van der Waals surface area contributed by atoms with Crippen molar-refractivity contribution in [2.45, 2.75) is 90.1 Å². The second kappa shape index (κ2) is 12.6. The maximum atomic E-state index is 11.8. The lowest BCUT2D eigenvalue weighted by atomic mass is 10.1. The largest absolute Gasteiger partial charge is 0.389 e. The van der Waals surface area contributed by atoms with E-state index in [1.807, 2.05) is 6.08 Å². The van der Waals surface area contributed by atoms with Crippen molar-refractivity contribution in [3.8, 4) is 0 Å². The van der Waals surface area contributed by atoms with E-state index in [4.69, 9.17) is 0 Å². The highest BCUT2D eigenvalue weighted by molar-refractivity contribution is 4.82. The van der Waals surface area contributed by atoms with Gasteiger partial charge in [0.25, 0.3) is 0 Å². The topological polar surface area (TPSA) is 0 Å². The average Bonchev–Trinajstić information content (AvgIpc) is 2.34. The van der Waals surface area contributed by atoms with E-state index in [1.54, 1.807) is 6.08 Å². The first-order chi connectivity index (χ1) is 9.06. The molecule has 0 aromatic carbocycles. The molecule has 19 heavy (non-hydrogen) atoms. The summed E-state index contributed by atoms with van der Waals surface area (Å²) in [7, 11) is 0. The van der Waals surface area contributed by atoms with Crippen molar-refractivity contribution >= 4 is 0 Å². The quantitative estimate of drug-likeness (QED) is 0.272. The maximum absolute atomic E-state index is 11.8. The zero-order valence-corrected chi connectivity index (χ0v) is 12.3. The summed E-state index contributed by atoms with van der Waals surface area (Å²) < 4.78 is 35.5. The zero-order chi connectivity index (χ0) is 14.4. The van der Waals surface area contributed by atoms with Gasteiger partial charge in [-0.3, -0.25) is 0 Å². The van der Waals surface area contributed by atoms with Crippen molar-refractivity contribution in [2.24, 2.45) is 0 Å². The van der Waals surface area contributed by atoms with E-state index in [1.165, 1.54) is 51.4 Å². The summed E-state index contributed by atoms with van der Waals surface area (Å²) in [6, 6.07) is 0. The van der Waals surface area contributed by atoms with Crippen LogP contribution in [0.3, 0.4) is 0 Å². The van der Waals surface area contributed by atoms with E-state index < -0.39 is 12.6 Å². The fourth-order valence-electron chi connectivity index (χ4n) is 2.06. The van der Waals surface area contributed by atoms with Gasteiger partial charge in [-0.05, 0) is 19.3 Å². The Balaban J connectivity index is 3.12. The SMILES string of the molecule is CCCCCCCCCCC/C=C/CCC(F)(F)F. The second-order valence-electron chi connectivity index (χ2n) is 5.24. The number of rotatable bonds is 12. The Hall–Kier alpha value is -0.470. The monoisotopic (exact) mass is 278 g/mol. The second-order valence-corrected chi connectivity index (χ2v) is 5.24. The first-order valence-electron chi connectivity index (χ1n) is 7.78. The molecule has 0 fully saturated rings. The third kappa shape index (κ3) is 17.5. The molecule has 0 aromatic heterocycles. The van der Waals surface area contributed by atoms with E-state index in [9.17, 15) is 13.2 Å². The van der Waals surface area contributed by atoms with E-state index in [0.29, 0.717) is 0 Å². The minimum atomic E-state index is -4.01. The molecule has 0 aromatic rings. The molecule has 114 valence electrons. The zero-order valence-electron chi connectivity index (χ0n) is 12.3. The maximum Gasteiger partial charge on any atom is 0.389 e. The molecule has 0 aliphatic heterocycles. The molecule has 0 amide bonds. The van der Waals surface area contributed by atoms with Crippen LogP contribution in [0.15, 0.2) is 12.2 Å². The van der Waals surface area contributed by atoms with Crippen LogP contribution in [0.25, 0.3) is 0 Å². The van der Waals surface area contributed by atoms with Crippen LogP contribution >= 0.6 is 0 Å². The molecule has 0 rings (SSSR count). The third-order valence-electron chi connectivity index (χ3n) is 3.24. The molecule has 0 bridgehead atoms. The number of hydrogen-bond donors (Lipinski definition) is 0. The Morgan fingerprint density at radius 2 is 1.16 bits per heavy atom. The molecule has 0 nitrogen and oxygen atoms in total. The van der Waals surface area contributed by atoms with Crippen LogP contribution in [0.4, 0.5) is 13.2 Å². The van der Waals surface area contributed by atoms with Gasteiger partial charge in [0.05, 0.1) is 0 Å². The van der Waals surface area contributed by atoms with Crippen molar-refractivity contribution in [2.75, 3.05) is 0 Å². The first-order valence-corrected chi connectivity index (χ1v) is 7.78. The number of allylic oxidation sites excluding steroid dienone is 2. The first kappa shape index (κ1) is 18.5. The Labute approximate surface area is 116 Å². The predicted octanol–water partition coefficient (Wildman–Crippen LogP) is 6.81. The summed E-state index contributed by atoms with van der Waals surface area (Å²) in [6.07, 6.45) is 11.5. The smallest absolute Gasteiger partial charge is 0.171 e. The summed E-state index contributed by atoms with van der Waals surface area (Å²) in [6.45, 7) is 2.22. The van der Waals surface area contributed by atoms with Crippen molar-refractivity contribution in [1.29, 1.82) is 0 Å². The molecular weight excluding hydrogens is 249 g/mol. The lowest BCUT2D eigenvalue weighted by Crippen LogP contribution is -2.05. The molecule has 0 saturated heterocycles. The van der Waals surface area contributed by atoms with Gasteiger partial charge in [-0.1, -0.05) is 70.4 Å². The van der Waals surface area contributed by atoms with Crippen molar-refractivity contribution in [3.05, 3.63) is 12.2 Å². The number of unbranched alkanes of at least 4 members (excludes halogenated alkanes) is 9. The minimum Gasteiger partial charge on any atom is -0.171 e. The highest BCUT2D eigenvalue weighted by Crippen LogP contribution is 2.21. The van der Waals surface area contributed by atoms with E-state index in [2.05, 4.69) is 6.92 Å². The summed E-state index contributed by atoms with van der Waals surface area (Å²) in [5, 5.41) is 0. The summed E-state index contributed by atoms with van der Waals surface area (Å²) in [5.41, 5.74) is 0. The van der Waals surface area contributed by atoms with E-state index >= 15 is 0 Å². The molecule has 0 spiro atoms. The van der Waals surface area contributed by atoms with Gasteiger partial charge in [0.15, 0.2) is 0 Å². The number of alkyl halides is 3. The number of hydrogen-bond acceptors (Lipinski definition) is 0. The van der Waals surface area contributed by atoms with Crippen LogP contribution in [0.2, 0.25) is 0 Å². The normalized spacial score (nSPS) is 12.4. The predicted molar refractivity (Wildman–Crippen MR) is 76.3 cm³/mol. The van der Waals surface area contributed by atoms with Gasteiger partial charge in [0, 0.05) is 6.42 Å². The highest BCUT2D eigenvalue weighted by atomic mass is 19.4.